The Morgan fingerprint density at radius 3 is 2.35 bits per heavy atom. The average molecular weight is 660 g/mol. The van der Waals surface area contributed by atoms with E-state index >= 15 is 0 Å². The summed E-state index contributed by atoms with van der Waals surface area (Å²) in [6.45, 7) is 2.66. The Bertz CT molecular complexity index is 1490. The van der Waals surface area contributed by atoms with Crippen LogP contribution >= 0.6 is 35.3 Å². The molecule has 0 bridgehead atoms. The number of anilines is 1. The number of nitrogens with zero attached hydrogens (tertiary/aromatic N) is 3. The second-order valence-electron chi connectivity index (χ2n) is 11.2. The molecule has 0 radical (unpaired) electrons. The van der Waals surface area contributed by atoms with Crippen molar-refractivity contribution in [1.82, 2.24) is 20.1 Å². The molecular weight excluding hydrogens is 625 g/mol. The standard InChI is InChI=1S/C30H35ClF5N5S2/c1-29(2,42-4)11-10-20-6-7-21(26(38-20)24(37-3)14-17-12-18(32)15-19(33)13-17)22-8-9-23(31)25-27(22)41(16-30(34,35)36)39-28(25)40-43-5/h6-9,17-19,24,37H,12-16H2,1-5H3,(H,39,40). The van der Waals surface area contributed by atoms with Crippen LogP contribution in [0.2, 0.25) is 5.02 Å². The predicted octanol–water partition coefficient (Wildman–Crippen LogP) is 8.62. The van der Waals surface area contributed by atoms with Crippen molar-refractivity contribution in [1.29, 1.82) is 0 Å². The number of benzene rings is 1. The Morgan fingerprint density at radius 2 is 1.74 bits per heavy atom. The number of fused-ring (bicyclic) bond motifs is 1. The molecule has 4 rings (SSSR count). The Morgan fingerprint density at radius 1 is 1.07 bits per heavy atom. The SMILES string of the molecule is CNC(CC1CC(F)CC(F)C1)c1nc(C#CC(C)(C)SC)ccc1-c1ccc(Cl)c2c(NSC)nn(CC(F)(F)F)c12. The van der Waals surface area contributed by atoms with E-state index in [1.54, 1.807) is 49.3 Å². The number of hydrogen-bond donors (Lipinski definition) is 2. The van der Waals surface area contributed by atoms with Gasteiger partial charge in [-0.15, -0.1) is 11.8 Å². The number of thioether (sulfide) groups is 1. The Balaban J connectivity index is 1.94. The summed E-state index contributed by atoms with van der Waals surface area (Å²) in [7, 11) is 1.74. The molecule has 0 spiro atoms. The number of alkyl halides is 5. The molecule has 0 saturated heterocycles. The van der Waals surface area contributed by atoms with Crippen molar-refractivity contribution in [2.45, 2.75) is 75.4 Å². The molecule has 3 atom stereocenters. The van der Waals surface area contributed by atoms with Crippen molar-refractivity contribution >= 4 is 52.0 Å². The van der Waals surface area contributed by atoms with Gasteiger partial charge in [0.2, 0.25) is 0 Å². The van der Waals surface area contributed by atoms with Crippen molar-refractivity contribution in [3.8, 4) is 23.0 Å². The van der Waals surface area contributed by atoms with Gasteiger partial charge in [-0.25, -0.2) is 13.8 Å². The lowest BCUT2D eigenvalue weighted by Gasteiger charge is -2.30. The van der Waals surface area contributed by atoms with Crippen molar-refractivity contribution in [2.24, 2.45) is 5.92 Å². The summed E-state index contributed by atoms with van der Waals surface area (Å²) >= 11 is 9.33. The van der Waals surface area contributed by atoms with E-state index in [0.29, 0.717) is 34.3 Å². The van der Waals surface area contributed by atoms with Gasteiger partial charge < -0.3 is 10.0 Å². The molecule has 1 fully saturated rings. The van der Waals surface area contributed by atoms with Gasteiger partial charge in [0.15, 0.2) is 5.82 Å². The monoisotopic (exact) mass is 659 g/mol. The average Bonchev–Trinajstić information content (AvgIpc) is 3.27. The molecule has 3 aromatic rings. The van der Waals surface area contributed by atoms with Crippen LogP contribution in [0.25, 0.3) is 22.0 Å². The van der Waals surface area contributed by atoms with E-state index in [9.17, 15) is 22.0 Å². The summed E-state index contributed by atoms with van der Waals surface area (Å²) in [5.74, 6) is 6.32. The summed E-state index contributed by atoms with van der Waals surface area (Å²) in [6, 6.07) is 6.35. The van der Waals surface area contributed by atoms with Gasteiger partial charge in [-0.1, -0.05) is 35.5 Å². The van der Waals surface area contributed by atoms with Gasteiger partial charge in [0.1, 0.15) is 24.6 Å². The fourth-order valence-corrected chi connectivity index (χ4v) is 6.17. The number of hydrogen-bond acceptors (Lipinski definition) is 6. The molecule has 1 saturated carbocycles. The highest BCUT2D eigenvalue weighted by Crippen LogP contribution is 2.42. The van der Waals surface area contributed by atoms with E-state index in [1.807, 2.05) is 20.1 Å². The van der Waals surface area contributed by atoms with Gasteiger partial charge >= 0.3 is 6.18 Å². The van der Waals surface area contributed by atoms with E-state index in [2.05, 4.69) is 27.0 Å². The van der Waals surface area contributed by atoms with E-state index in [-0.39, 0.29) is 46.3 Å². The van der Waals surface area contributed by atoms with Crippen LogP contribution in [0.5, 0.6) is 0 Å². The molecule has 5 nitrogen and oxygen atoms in total. The molecule has 2 aromatic heterocycles. The number of pyridine rings is 1. The van der Waals surface area contributed by atoms with Gasteiger partial charge in [0.05, 0.1) is 32.4 Å². The van der Waals surface area contributed by atoms with Crippen LogP contribution in [0.3, 0.4) is 0 Å². The van der Waals surface area contributed by atoms with Crippen LogP contribution in [0.1, 0.15) is 57.0 Å². The van der Waals surface area contributed by atoms with E-state index in [4.69, 9.17) is 16.6 Å². The van der Waals surface area contributed by atoms with Crippen LogP contribution in [0.4, 0.5) is 27.8 Å². The molecule has 1 aliphatic carbocycles. The molecule has 2 N–H and O–H groups in total. The summed E-state index contributed by atoms with van der Waals surface area (Å²) in [5.41, 5.74) is 2.21. The molecule has 1 aliphatic rings. The molecule has 234 valence electrons. The smallest absolute Gasteiger partial charge is 0.313 e. The number of aromatic nitrogens is 3. The van der Waals surface area contributed by atoms with Crippen LogP contribution < -0.4 is 10.0 Å². The van der Waals surface area contributed by atoms with E-state index < -0.39 is 31.1 Å². The predicted molar refractivity (Wildman–Crippen MR) is 169 cm³/mol. The zero-order chi connectivity index (χ0) is 31.5. The third kappa shape index (κ3) is 8.29. The maximum Gasteiger partial charge on any atom is 0.408 e. The van der Waals surface area contributed by atoms with E-state index in [1.165, 1.54) is 11.9 Å². The zero-order valence-electron chi connectivity index (χ0n) is 24.6. The molecule has 1 aromatic carbocycles. The summed E-state index contributed by atoms with van der Waals surface area (Å²) in [6.07, 6.45) is -2.52. The van der Waals surface area contributed by atoms with Gasteiger partial charge in [0.25, 0.3) is 0 Å². The minimum absolute atomic E-state index is 0.0983. The second-order valence-corrected chi connectivity index (χ2v) is 13.6. The molecule has 0 amide bonds. The number of halogens is 6. The lowest BCUT2D eigenvalue weighted by Crippen LogP contribution is -2.29. The number of rotatable bonds is 9. The highest BCUT2D eigenvalue weighted by molar-refractivity contribution is 8.00. The first kappa shape index (κ1) is 33.7. The Hall–Kier alpha value is -2.20. The van der Waals surface area contributed by atoms with Crippen molar-refractivity contribution in [3.05, 3.63) is 40.7 Å². The topological polar surface area (TPSA) is 54.8 Å². The maximum atomic E-state index is 14.3. The van der Waals surface area contributed by atoms with Crippen LogP contribution in [-0.2, 0) is 6.54 Å². The lowest BCUT2D eigenvalue weighted by atomic mass is 9.81. The van der Waals surface area contributed by atoms with Crippen molar-refractivity contribution < 1.29 is 22.0 Å². The Labute approximate surface area is 262 Å². The van der Waals surface area contributed by atoms with Gasteiger partial charge in [-0.3, -0.25) is 4.68 Å². The normalized spacial score (nSPS) is 20.1. The molecule has 0 aliphatic heterocycles. The second kappa shape index (κ2) is 13.8. The first-order valence-electron chi connectivity index (χ1n) is 13.8. The van der Waals surface area contributed by atoms with Crippen LogP contribution in [0, 0.1) is 17.8 Å². The summed E-state index contributed by atoms with van der Waals surface area (Å²) in [4.78, 5) is 4.90. The first-order valence-corrected chi connectivity index (χ1v) is 16.7. The third-order valence-corrected chi connectivity index (χ3v) is 9.36. The summed E-state index contributed by atoms with van der Waals surface area (Å²) in [5, 5.41) is 8.08. The van der Waals surface area contributed by atoms with Crippen LogP contribution in [-0.4, -0.2) is 57.6 Å². The van der Waals surface area contributed by atoms with E-state index in [0.717, 1.165) is 4.68 Å². The molecule has 13 heteroatoms. The zero-order valence-corrected chi connectivity index (χ0v) is 27.0. The highest BCUT2D eigenvalue weighted by atomic mass is 35.5. The van der Waals surface area contributed by atoms with Gasteiger partial charge in [0, 0.05) is 23.8 Å². The Kier molecular flexibility index (Phi) is 10.8. The van der Waals surface area contributed by atoms with Crippen molar-refractivity contribution in [3.63, 3.8) is 0 Å². The third-order valence-electron chi connectivity index (χ3n) is 7.52. The molecule has 43 heavy (non-hydrogen) atoms. The summed E-state index contributed by atoms with van der Waals surface area (Å²) < 4.78 is 73.4. The minimum Gasteiger partial charge on any atom is -0.313 e. The largest absolute Gasteiger partial charge is 0.408 e. The highest BCUT2D eigenvalue weighted by Gasteiger charge is 2.34. The molecule has 3 unspecified atom stereocenters. The molecular formula is C30H35ClF5N5S2. The van der Waals surface area contributed by atoms with Crippen LogP contribution in [0.15, 0.2) is 24.3 Å². The number of nitrogens with one attached hydrogen (secondary N) is 2. The maximum absolute atomic E-state index is 14.3. The minimum atomic E-state index is -4.54. The lowest BCUT2D eigenvalue weighted by molar-refractivity contribution is -0.141. The van der Waals surface area contributed by atoms with Crippen molar-refractivity contribution in [2.75, 3.05) is 24.3 Å². The fraction of sp³-hybridized carbons (Fsp3) is 0.533. The molecule has 2 heterocycles. The quantitative estimate of drug-likeness (QED) is 0.136. The van der Waals surface area contributed by atoms with Gasteiger partial charge in [-0.05, 0) is 76.5 Å². The fourth-order valence-electron chi connectivity index (χ4n) is 5.44. The van der Waals surface area contributed by atoms with Gasteiger partial charge in [-0.2, -0.15) is 18.3 Å². The first-order chi connectivity index (χ1) is 20.2.